The maximum atomic E-state index is 13.6. The number of anilines is 1. The van der Waals surface area contributed by atoms with Crippen LogP contribution >= 0.6 is 0 Å². The Morgan fingerprint density at radius 2 is 1.86 bits per heavy atom. The average molecular weight is 541 g/mol. The molecule has 0 spiro atoms. The van der Waals surface area contributed by atoms with Crippen molar-refractivity contribution in [2.45, 2.75) is 50.2 Å². The van der Waals surface area contributed by atoms with Crippen LogP contribution in [0.4, 0.5) is 10.1 Å². The number of hydrogen-bond acceptors (Lipinski definition) is 7. The van der Waals surface area contributed by atoms with Crippen molar-refractivity contribution >= 4 is 31.7 Å². The maximum absolute atomic E-state index is 13.6. The van der Waals surface area contributed by atoms with E-state index in [1.165, 1.54) is 16.4 Å². The van der Waals surface area contributed by atoms with Gasteiger partial charge in [-0.25, -0.2) is 21.2 Å². The highest BCUT2D eigenvalue weighted by Gasteiger charge is 2.38. The Labute approximate surface area is 210 Å². The summed E-state index contributed by atoms with van der Waals surface area (Å²) in [5.41, 5.74) is 0.0579. The van der Waals surface area contributed by atoms with Gasteiger partial charge in [-0.05, 0) is 69.2 Å². The highest BCUT2D eigenvalue weighted by Crippen LogP contribution is 2.38. The Morgan fingerprint density at radius 3 is 2.47 bits per heavy atom. The van der Waals surface area contributed by atoms with Crippen LogP contribution in [0.5, 0.6) is 5.75 Å². The molecule has 2 aliphatic rings. The van der Waals surface area contributed by atoms with Crippen molar-refractivity contribution in [1.29, 1.82) is 0 Å². The minimum atomic E-state index is -4.16. The molecule has 4 rings (SSSR count). The molecule has 196 valence electrons. The van der Waals surface area contributed by atoms with Gasteiger partial charge in [-0.2, -0.15) is 4.31 Å². The zero-order valence-electron chi connectivity index (χ0n) is 20.3. The SMILES string of the molecule is CC(C)(C)OC(=O)Cc1ccc2c(c1)N(S(=O)(=O)c1ccc(F)cc1)C[C@H](CN1CCCS1(=O)=O)O2. The summed E-state index contributed by atoms with van der Waals surface area (Å²) >= 11 is 0. The molecule has 0 aliphatic carbocycles. The molecule has 2 aliphatic heterocycles. The van der Waals surface area contributed by atoms with Gasteiger partial charge in [-0.3, -0.25) is 9.10 Å². The molecule has 36 heavy (non-hydrogen) atoms. The van der Waals surface area contributed by atoms with E-state index in [1.807, 2.05) is 0 Å². The predicted octanol–water partition coefficient (Wildman–Crippen LogP) is 2.70. The van der Waals surface area contributed by atoms with Crippen LogP contribution in [-0.4, -0.2) is 64.2 Å². The molecule has 0 unspecified atom stereocenters. The second-order valence-electron chi connectivity index (χ2n) is 9.82. The van der Waals surface area contributed by atoms with E-state index in [2.05, 4.69) is 0 Å². The molecular formula is C24H29FN2O7S2. The molecule has 1 atom stereocenters. The first-order chi connectivity index (χ1) is 16.7. The number of carbonyl (C=O) groups is 1. The van der Waals surface area contributed by atoms with Gasteiger partial charge in [0.1, 0.15) is 23.3 Å². The second-order valence-corrected chi connectivity index (χ2v) is 13.8. The van der Waals surface area contributed by atoms with E-state index in [-0.39, 0.29) is 41.6 Å². The largest absolute Gasteiger partial charge is 0.485 e. The molecule has 0 radical (unpaired) electrons. The van der Waals surface area contributed by atoms with Crippen LogP contribution in [0.15, 0.2) is 47.4 Å². The van der Waals surface area contributed by atoms with E-state index in [1.54, 1.807) is 39.0 Å². The quantitative estimate of drug-likeness (QED) is 0.518. The van der Waals surface area contributed by atoms with Gasteiger partial charge in [0.05, 0.1) is 35.8 Å². The summed E-state index contributed by atoms with van der Waals surface area (Å²) in [5.74, 6) is -0.763. The third-order valence-corrected chi connectivity index (χ3v) is 9.45. The Hall–Kier alpha value is -2.70. The van der Waals surface area contributed by atoms with Crippen molar-refractivity contribution in [3.8, 4) is 5.75 Å². The van der Waals surface area contributed by atoms with Crippen LogP contribution in [0.2, 0.25) is 0 Å². The summed E-state index contributed by atoms with van der Waals surface area (Å²) in [4.78, 5) is 12.2. The molecule has 0 N–H and O–H groups in total. The molecular weight excluding hydrogens is 511 g/mol. The molecule has 0 aromatic heterocycles. The number of benzene rings is 2. The van der Waals surface area contributed by atoms with E-state index in [4.69, 9.17) is 9.47 Å². The highest BCUT2D eigenvalue weighted by atomic mass is 32.2. The number of fused-ring (bicyclic) bond motifs is 1. The van der Waals surface area contributed by atoms with Gasteiger partial charge < -0.3 is 9.47 Å². The van der Waals surface area contributed by atoms with Crippen molar-refractivity contribution in [2.24, 2.45) is 0 Å². The van der Waals surface area contributed by atoms with E-state index in [0.717, 1.165) is 16.4 Å². The Morgan fingerprint density at radius 1 is 1.17 bits per heavy atom. The lowest BCUT2D eigenvalue weighted by atomic mass is 10.1. The number of ether oxygens (including phenoxy) is 2. The minimum absolute atomic E-state index is 0.00310. The standard InChI is InChI=1S/C24H29FN2O7S2/c1-24(2,3)34-23(28)14-17-5-10-22-21(13-17)27(36(31,32)20-8-6-18(25)7-9-20)16-19(33-22)15-26-11-4-12-35(26,29)30/h5-10,13,19H,4,11-12,14-16H2,1-3H3/t19-/m0/s1. The van der Waals surface area contributed by atoms with Crippen molar-refractivity contribution < 1.29 is 35.5 Å². The summed E-state index contributed by atoms with van der Waals surface area (Å²) in [7, 11) is -7.58. The summed E-state index contributed by atoms with van der Waals surface area (Å²) in [6.45, 7) is 5.44. The number of esters is 1. The summed E-state index contributed by atoms with van der Waals surface area (Å²) in [6, 6.07) is 9.20. The Bertz CT molecular complexity index is 1350. The lowest BCUT2D eigenvalue weighted by molar-refractivity contribution is -0.153. The molecule has 2 heterocycles. The van der Waals surface area contributed by atoms with Crippen LogP contribution in [0.3, 0.4) is 0 Å². The zero-order valence-corrected chi connectivity index (χ0v) is 21.9. The monoisotopic (exact) mass is 540 g/mol. The highest BCUT2D eigenvalue weighted by molar-refractivity contribution is 7.92. The first kappa shape index (κ1) is 26.4. The van der Waals surface area contributed by atoms with Gasteiger partial charge >= 0.3 is 5.97 Å². The minimum Gasteiger partial charge on any atom is -0.485 e. The molecule has 12 heteroatoms. The van der Waals surface area contributed by atoms with Crippen LogP contribution in [-0.2, 0) is 36.0 Å². The number of halogens is 1. The number of nitrogens with zero attached hydrogens (tertiary/aromatic N) is 2. The molecule has 2 aromatic rings. The van der Waals surface area contributed by atoms with E-state index >= 15 is 0 Å². The molecule has 1 saturated heterocycles. The summed E-state index contributed by atoms with van der Waals surface area (Å²) in [5, 5.41) is 0. The first-order valence-electron chi connectivity index (χ1n) is 11.5. The molecule has 1 fully saturated rings. The number of rotatable bonds is 6. The van der Waals surface area contributed by atoms with Crippen molar-refractivity contribution in [1.82, 2.24) is 4.31 Å². The smallest absolute Gasteiger partial charge is 0.310 e. The van der Waals surface area contributed by atoms with Crippen molar-refractivity contribution in [3.05, 3.63) is 53.8 Å². The van der Waals surface area contributed by atoms with Crippen molar-refractivity contribution in [2.75, 3.05) is 29.7 Å². The van der Waals surface area contributed by atoms with Gasteiger partial charge in [0, 0.05) is 6.54 Å². The topological polar surface area (TPSA) is 110 Å². The second kappa shape index (κ2) is 9.64. The molecule has 2 aromatic carbocycles. The van der Waals surface area contributed by atoms with E-state index in [0.29, 0.717) is 18.5 Å². The lowest BCUT2D eigenvalue weighted by Gasteiger charge is -2.37. The normalized spacial score (nSPS) is 20.0. The summed E-state index contributed by atoms with van der Waals surface area (Å²) in [6.07, 6.45) is -0.348. The van der Waals surface area contributed by atoms with Gasteiger partial charge in [-0.15, -0.1) is 0 Å². The van der Waals surface area contributed by atoms with Gasteiger partial charge in [0.15, 0.2) is 0 Å². The predicted molar refractivity (Wildman–Crippen MR) is 131 cm³/mol. The average Bonchev–Trinajstić information content (AvgIpc) is 3.10. The van der Waals surface area contributed by atoms with Crippen LogP contribution in [0, 0.1) is 5.82 Å². The van der Waals surface area contributed by atoms with E-state index in [9.17, 15) is 26.0 Å². The number of carbonyl (C=O) groups excluding carboxylic acids is 1. The lowest BCUT2D eigenvalue weighted by Crippen LogP contribution is -2.48. The van der Waals surface area contributed by atoms with Crippen molar-refractivity contribution in [3.63, 3.8) is 0 Å². The number of hydrogen-bond donors (Lipinski definition) is 0. The summed E-state index contributed by atoms with van der Waals surface area (Å²) < 4.78 is 79.2. The fourth-order valence-electron chi connectivity index (χ4n) is 4.19. The third kappa shape index (κ3) is 5.81. The van der Waals surface area contributed by atoms with Crippen LogP contribution in [0.1, 0.15) is 32.8 Å². The van der Waals surface area contributed by atoms with Gasteiger partial charge in [-0.1, -0.05) is 6.07 Å². The molecule has 0 bridgehead atoms. The first-order valence-corrected chi connectivity index (χ1v) is 14.6. The fourth-order valence-corrected chi connectivity index (χ4v) is 7.24. The number of sulfonamides is 2. The fraction of sp³-hybridized carbons (Fsp3) is 0.458. The van der Waals surface area contributed by atoms with E-state index < -0.39 is 43.5 Å². The van der Waals surface area contributed by atoms with Gasteiger partial charge in [0.25, 0.3) is 10.0 Å². The molecule has 0 amide bonds. The zero-order chi connectivity index (χ0) is 26.3. The third-order valence-electron chi connectivity index (χ3n) is 5.74. The van der Waals surface area contributed by atoms with Crippen LogP contribution < -0.4 is 9.04 Å². The Balaban J connectivity index is 1.69. The van der Waals surface area contributed by atoms with Gasteiger partial charge in [0.2, 0.25) is 10.0 Å². The molecule has 0 saturated carbocycles. The maximum Gasteiger partial charge on any atom is 0.310 e. The molecule has 9 nitrogen and oxygen atoms in total. The Kier molecular flexibility index (Phi) is 7.06. The van der Waals surface area contributed by atoms with Crippen LogP contribution in [0.25, 0.3) is 0 Å².